The Hall–Kier alpha value is -4.18. The van der Waals surface area contributed by atoms with E-state index in [2.05, 4.69) is 20.9 Å². The van der Waals surface area contributed by atoms with Crippen molar-refractivity contribution in [2.75, 3.05) is 0 Å². The summed E-state index contributed by atoms with van der Waals surface area (Å²) in [4.78, 5) is 55.1. The monoisotopic (exact) mass is 577 g/mol. The zero-order valence-electron chi connectivity index (χ0n) is 24.7. The summed E-state index contributed by atoms with van der Waals surface area (Å²) in [6.07, 6.45) is 3.09. The standard InChI is InChI=1S/C32H43N5O5/c1-5-20(4)28(37-29(38)24(33)17-22-18-34-25-14-10-9-13-23(22)25)31(40)35-26(15-19(2)3)30(39)36-27(32(41)42)16-21-11-7-6-8-12-21/h6-14,18-20,24,26-28,34H,5,15-17,33H2,1-4H3,(H,35,40)(H,36,39)(H,37,38)(H,41,42). The summed E-state index contributed by atoms with van der Waals surface area (Å²) in [5, 5.41) is 18.9. The fourth-order valence-corrected chi connectivity index (χ4v) is 4.88. The van der Waals surface area contributed by atoms with E-state index in [-0.39, 0.29) is 31.1 Å². The van der Waals surface area contributed by atoms with E-state index in [1.807, 2.05) is 64.2 Å². The molecule has 3 amide bonds. The minimum absolute atomic E-state index is 0.0275. The molecule has 0 fully saturated rings. The van der Waals surface area contributed by atoms with E-state index in [1.165, 1.54) is 0 Å². The van der Waals surface area contributed by atoms with Crippen LogP contribution in [-0.4, -0.2) is 57.9 Å². The van der Waals surface area contributed by atoms with Crippen LogP contribution in [0.15, 0.2) is 60.8 Å². The first-order chi connectivity index (χ1) is 20.0. The third kappa shape index (κ3) is 8.91. The predicted octanol–water partition coefficient (Wildman–Crippen LogP) is 2.91. The Kier molecular flexibility index (Phi) is 11.7. The van der Waals surface area contributed by atoms with Crippen molar-refractivity contribution in [3.63, 3.8) is 0 Å². The summed E-state index contributed by atoms with van der Waals surface area (Å²) in [5.41, 5.74) is 8.88. The van der Waals surface area contributed by atoms with Gasteiger partial charge >= 0.3 is 5.97 Å². The Bertz CT molecular complexity index is 1360. The van der Waals surface area contributed by atoms with Crippen molar-refractivity contribution in [3.8, 4) is 0 Å². The van der Waals surface area contributed by atoms with Gasteiger partial charge in [-0.3, -0.25) is 14.4 Å². The van der Waals surface area contributed by atoms with Crippen molar-refractivity contribution in [3.05, 3.63) is 71.9 Å². The number of benzene rings is 2. The van der Waals surface area contributed by atoms with Gasteiger partial charge in [-0.15, -0.1) is 0 Å². The smallest absolute Gasteiger partial charge is 0.326 e. The van der Waals surface area contributed by atoms with E-state index >= 15 is 0 Å². The highest BCUT2D eigenvalue weighted by atomic mass is 16.4. The molecule has 3 rings (SSSR count). The maximum atomic E-state index is 13.5. The van der Waals surface area contributed by atoms with E-state index in [4.69, 9.17) is 5.73 Å². The molecule has 0 bridgehead atoms. The summed E-state index contributed by atoms with van der Waals surface area (Å²) in [6.45, 7) is 7.56. The zero-order chi connectivity index (χ0) is 30.8. The number of amides is 3. The third-order valence-electron chi connectivity index (χ3n) is 7.48. The van der Waals surface area contributed by atoms with Gasteiger partial charge in [0.1, 0.15) is 18.1 Å². The van der Waals surface area contributed by atoms with Crippen LogP contribution in [0, 0.1) is 11.8 Å². The van der Waals surface area contributed by atoms with Crippen LogP contribution in [0.3, 0.4) is 0 Å². The molecule has 2 aromatic carbocycles. The van der Waals surface area contributed by atoms with Crippen LogP contribution in [0.2, 0.25) is 0 Å². The Morgan fingerprint density at radius 3 is 2.12 bits per heavy atom. The number of aromatic amines is 1. The Labute approximate surface area is 246 Å². The molecular formula is C32H43N5O5. The molecule has 0 radical (unpaired) electrons. The third-order valence-corrected chi connectivity index (χ3v) is 7.48. The number of fused-ring (bicyclic) bond motifs is 1. The molecule has 0 aliphatic heterocycles. The number of nitrogens with two attached hydrogens (primary N) is 1. The second-order valence-electron chi connectivity index (χ2n) is 11.3. The van der Waals surface area contributed by atoms with Crippen molar-refractivity contribution >= 4 is 34.6 Å². The van der Waals surface area contributed by atoms with Crippen molar-refractivity contribution in [2.24, 2.45) is 17.6 Å². The maximum absolute atomic E-state index is 13.5. The highest BCUT2D eigenvalue weighted by molar-refractivity contribution is 5.94. The number of hydrogen-bond acceptors (Lipinski definition) is 5. The summed E-state index contributed by atoms with van der Waals surface area (Å²) < 4.78 is 0. The molecule has 1 heterocycles. The van der Waals surface area contributed by atoms with Crippen molar-refractivity contribution in [1.29, 1.82) is 0 Å². The van der Waals surface area contributed by atoms with Gasteiger partial charge in [-0.1, -0.05) is 82.6 Å². The first-order valence-corrected chi connectivity index (χ1v) is 14.5. The van der Waals surface area contributed by atoms with Crippen LogP contribution in [0.4, 0.5) is 0 Å². The number of carbonyl (C=O) groups is 4. The van der Waals surface area contributed by atoms with Crippen molar-refractivity contribution in [2.45, 2.75) is 77.5 Å². The first-order valence-electron chi connectivity index (χ1n) is 14.5. The number of carboxylic acids is 1. The molecule has 3 aromatic rings. The summed E-state index contributed by atoms with van der Waals surface area (Å²) in [5.74, 6) is -2.98. The van der Waals surface area contributed by atoms with Crippen LogP contribution in [-0.2, 0) is 32.0 Å². The molecule has 0 aliphatic rings. The number of aliphatic carboxylic acids is 1. The lowest BCUT2D eigenvalue weighted by Gasteiger charge is -2.28. The topological polar surface area (TPSA) is 166 Å². The van der Waals surface area contributed by atoms with Gasteiger partial charge in [0.2, 0.25) is 17.7 Å². The van der Waals surface area contributed by atoms with Gasteiger partial charge in [-0.05, 0) is 41.9 Å². The van der Waals surface area contributed by atoms with Crippen LogP contribution in [0.5, 0.6) is 0 Å². The second-order valence-corrected chi connectivity index (χ2v) is 11.3. The van der Waals surface area contributed by atoms with Gasteiger partial charge in [0, 0.05) is 23.5 Å². The van der Waals surface area contributed by atoms with Crippen LogP contribution >= 0.6 is 0 Å². The molecule has 7 N–H and O–H groups in total. The summed E-state index contributed by atoms with van der Waals surface area (Å²) in [6, 6.07) is 12.8. The average molecular weight is 578 g/mol. The summed E-state index contributed by atoms with van der Waals surface area (Å²) in [7, 11) is 0. The fourth-order valence-electron chi connectivity index (χ4n) is 4.88. The molecule has 1 aromatic heterocycles. The molecule has 10 nitrogen and oxygen atoms in total. The van der Waals surface area contributed by atoms with Gasteiger partial charge in [-0.2, -0.15) is 0 Å². The van der Waals surface area contributed by atoms with Gasteiger partial charge in [0.05, 0.1) is 6.04 Å². The molecule has 42 heavy (non-hydrogen) atoms. The van der Waals surface area contributed by atoms with Crippen LogP contribution in [0.1, 0.15) is 51.7 Å². The van der Waals surface area contributed by atoms with Crippen LogP contribution < -0.4 is 21.7 Å². The minimum atomic E-state index is -1.17. The molecule has 0 spiro atoms. The second kappa shape index (κ2) is 15.2. The number of aromatic nitrogens is 1. The maximum Gasteiger partial charge on any atom is 0.326 e. The lowest BCUT2D eigenvalue weighted by molar-refractivity contribution is -0.142. The fraction of sp³-hybridized carbons (Fsp3) is 0.438. The summed E-state index contributed by atoms with van der Waals surface area (Å²) >= 11 is 0. The highest BCUT2D eigenvalue weighted by Crippen LogP contribution is 2.19. The van der Waals surface area contributed by atoms with Gasteiger partial charge in [-0.25, -0.2) is 4.79 Å². The first kappa shape index (κ1) is 32.3. The largest absolute Gasteiger partial charge is 0.480 e. The van der Waals surface area contributed by atoms with E-state index in [0.717, 1.165) is 22.0 Å². The SMILES string of the molecule is CCC(C)C(NC(=O)C(N)Cc1c[nH]c2ccccc12)C(=O)NC(CC(C)C)C(=O)NC(Cc1ccccc1)C(=O)O. The van der Waals surface area contributed by atoms with Gasteiger partial charge in [0.15, 0.2) is 0 Å². The minimum Gasteiger partial charge on any atom is -0.480 e. The average Bonchev–Trinajstić information content (AvgIpc) is 3.37. The Morgan fingerprint density at radius 1 is 0.833 bits per heavy atom. The number of carbonyl (C=O) groups excluding carboxylic acids is 3. The molecule has 10 heteroatoms. The van der Waals surface area contributed by atoms with E-state index < -0.39 is 47.9 Å². The van der Waals surface area contributed by atoms with E-state index in [0.29, 0.717) is 6.42 Å². The number of carboxylic acid groups (broad SMARTS) is 1. The number of rotatable bonds is 15. The number of para-hydroxylation sites is 1. The number of hydrogen-bond donors (Lipinski definition) is 6. The normalized spacial score (nSPS) is 14.9. The van der Waals surface area contributed by atoms with E-state index in [9.17, 15) is 24.3 Å². The molecule has 0 saturated heterocycles. The van der Waals surface area contributed by atoms with Crippen LogP contribution in [0.25, 0.3) is 10.9 Å². The Balaban J connectivity index is 1.70. The molecule has 0 saturated carbocycles. The van der Waals surface area contributed by atoms with Crippen molar-refractivity contribution in [1.82, 2.24) is 20.9 Å². The Morgan fingerprint density at radius 2 is 1.48 bits per heavy atom. The van der Waals surface area contributed by atoms with Crippen molar-refractivity contribution < 1.29 is 24.3 Å². The quantitative estimate of drug-likeness (QED) is 0.162. The number of nitrogens with one attached hydrogen (secondary N) is 4. The molecule has 0 aliphatic carbocycles. The van der Waals surface area contributed by atoms with E-state index in [1.54, 1.807) is 24.3 Å². The molecular weight excluding hydrogens is 534 g/mol. The lowest BCUT2D eigenvalue weighted by atomic mass is 9.95. The molecule has 5 atom stereocenters. The lowest BCUT2D eigenvalue weighted by Crippen LogP contribution is -2.59. The zero-order valence-corrected chi connectivity index (χ0v) is 24.7. The van der Waals surface area contributed by atoms with Gasteiger partial charge in [0.25, 0.3) is 0 Å². The predicted molar refractivity (Wildman–Crippen MR) is 162 cm³/mol. The van der Waals surface area contributed by atoms with Gasteiger partial charge < -0.3 is 31.8 Å². The molecule has 5 unspecified atom stereocenters. The number of H-pyrrole nitrogens is 1. The molecule has 226 valence electrons. The highest BCUT2D eigenvalue weighted by Gasteiger charge is 2.33.